The third-order valence-corrected chi connectivity index (χ3v) is 4.46. The molecule has 0 fully saturated rings. The van der Waals surface area contributed by atoms with Crippen molar-refractivity contribution in [2.24, 2.45) is 0 Å². The summed E-state index contributed by atoms with van der Waals surface area (Å²) in [6.07, 6.45) is -4.52. The maximum atomic E-state index is 13.9. The molecule has 0 aliphatic heterocycles. The van der Waals surface area contributed by atoms with Crippen molar-refractivity contribution in [3.05, 3.63) is 89.7 Å². The normalized spacial score (nSPS) is 11.0. The fourth-order valence-electron chi connectivity index (χ4n) is 2.84. The summed E-state index contributed by atoms with van der Waals surface area (Å²) in [4.78, 5) is 25.7. The number of carbonyl (C=O) groups is 2. The van der Waals surface area contributed by atoms with Gasteiger partial charge in [-0.15, -0.1) is 0 Å². The maximum Gasteiger partial charge on any atom is 0.416 e. The van der Waals surface area contributed by atoms with Crippen LogP contribution in [0.2, 0.25) is 0 Å². The monoisotopic (exact) mass is 446 g/mol. The maximum absolute atomic E-state index is 13.9. The van der Waals surface area contributed by atoms with E-state index < -0.39 is 36.0 Å². The minimum atomic E-state index is -4.52. The summed E-state index contributed by atoms with van der Waals surface area (Å²) in [5.74, 6) is -1.35. The molecule has 3 rings (SSSR count). The van der Waals surface area contributed by atoms with Gasteiger partial charge in [-0.05, 0) is 54.6 Å². The highest BCUT2D eigenvalue weighted by Gasteiger charge is 2.30. The Hall–Kier alpha value is -3.88. The average molecular weight is 446 g/mol. The molecule has 0 bridgehead atoms. The summed E-state index contributed by atoms with van der Waals surface area (Å²) in [6, 6.07) is 15.9. The highest BCUT2D eigenvalue weighted by Crippen LogP contribution is 2.30. The largest absolute Gasteiger partial charge is 0.484 e. The molecular formula is C23H18F4N2O3. The molecule has 2 amide bonds. The Morgan fingerprint density at radius 1 is 0.969 bits per heavy atom. The lowest BCUT2D eigenvalue weighted by Crippen LogP contribution is -2.27. The molecule has 0 radical (unpaired) electrons. The number of alkyl halides is 3. The molecular weight excluding hydrogens is 428 g/mol. The van der Waals surface area contributed by atoms with Gasteiger partial charge in [0, 0.05) is 18.3 Å². The zero-order valence-corrected chi connectivity index (χ0v) is 16.8. The van der Waals surface area contributed by atoms with E-state index in [-0.39, 0.29) is 22.7 Å². The van der Waals surface area contributed by atoms with E-state index in [0.29, 0.717) is 0 Å². The fourth-order valence-corrected chi connectivity index (χ4v) is 2.84. The van der Waals surface area contributed by atoms with Gasteiger partial charge in [-0.25, -0.2) is 4.39 Å². The molecule has 0 spiro atoms. The quantitative estimate of drug-likeness (QED) is 0.534. The number of rotatable bonds is 6. The minimum absolute atomic E-state index is 0.00875. The molecule has 3 aromatic carbocycles. The number of hydrogen-bond acceptors (Lipinski definition) is 3. The number of hydrogen-bond donors (Lipinski definition) is 1. The van der Waals surface area contributed by atoms with E-state index in [1.54, 1.807) is 6.07 Å². The van der Waals surface area contributed by atoms with Crippen LogP contribution >= 0.6 is 0 Å². The molecule has 9 heteroatoms. The van der Waals surface area contributed by atoms with Crippen molar-refractivity contribution in [3.8, 4) is 5.75 Å². The smallest absolute Gasteiger partial charge is 0.416 e. The first kappa shape index (κ1) is 22.8. The van der Waals surface area contributed by atoms with E-state index in [1.165, 1.54) is 66.5 Å². The number of ether oxygens (including phenoxy) is 1. The molecule has 0 saturated heterocycles. The first-order chi connectivity index (χ1) is 15.1. The molecule has 0 aliphatic rings. The van der Waals surface area contributed by atoms with Gasteiger partial charge >= 0.3 is 6.18 Å². The Balaban J connectivity index is 1.57. The summed E-state index contributed by atoms with van der Waals surface area (Å²) in [7, 11) is 1.45. The first-order valence-electron chi connectivity index (χ1n) is 9.38. The van der Waals surface area contributed by atoms with Crippen LogP contribution in [0.5, 0.6) is 5.75 Å². The molecule has 0 heterocycles. The van der Waals surface area contributed by atoms with Crippen LogP contribution in [-0.2, 0) is 11.0 Å². The SMILES string of the molecule is CN(C(=O)c1ccc(OCC(=O)Nc2cccc(C(F)(F)F)c2)cc1)c1ccccc1F. The summed E-state index contributed by atoms with van der Waals surface area (Å²) in [6.45, 7) is -0.446. The van der Waals surface area contributed by atoms with E-state index in [9.17, 15) is 27.2 Å². The van der Waals surface area contributed by atoms with Crippen LogP contribution in [0.3, 0.4) is 0 Å². The average Bonchev–Trinajstić information content (AvgIpc) is 2.77. The van der Waals surface area contributed by atoms with Crippen LogP contribution in [0, 0.1) is 5.82 Å². The van der Waals surface area contributed by atoms with Crippen molar-refractivity contribution in [2.45, 2.75) is 6.18 Å². The first-order valence-corrected chi connectivity index (χ1v) is 9.38. The molecule has 0 saturated carbocycles. The molecule has 1 N–H and O–H groups in total. The number of anilines is 2. The van der Waals surface area contributed by atoms with Crippen molar-refractivity contribution < 1.29 is 31.9 Å². The van der Waals surface area contributed by atoms with Gasteiger partial charge in [0.15, 0.2) is 6.61 Å². The number of nitrogens with zero attached hydrogens (tertiary/aromatic N) is 1. The second-order valence-electron chi connectivity index (χ2n) is 6.76. The number of benzene rings is 3. The van der Waals surface area contributed by atoms with Gasteiger partial charge in [0.05, 0.1) is 11.3 Å². The molecule has 32 heavy (non-hydrogen) atoms. The highest BCUT2D eigenvalue weighted by molar-refractivity contribution is 6.05. The Kier molecular flexibility index (Phi) is 6.77. The molecule has 0 aliphatic carbocycles. The number of nitrogens with one attached hydrogen (secondary N) is 1. The van der Waals surface area contributed by atoms with Crippen LogP contribution in [0.15, 0.2) is 72.8 Å². The van der Waals surface area contributed by atoms with E-state index in [2.05, 4.69) is 5.32 Å². The van der Waals surface area contributed by atoms with Crippen LogP contribution in [0.25, 0.3) is 0 Å². The summed E-state index contributed by atoms with van der Waals surface area (Å²) in [5.41, 5.74) is -0.483. The third-order valence-electron chi connectivity index (χ3n) is 4.46. The molecule has 166 valence electrons. The van der Waals surface area contributed by atoms with E-state index >= 15 is 0 Å². The number of halogens is 4. The Morgan fingerprint density at radius 3 is 2.31 bits per heavy atom. The van der Waals surface area contributed by atoms with E-state index in [1.807, 2.05) is 0 Å². The lowest BCUT2D eigenvalue weighted by molar-refractivity contribution is -0.137. The fraction of sp³-hybridized carbons (Fsp3) is 0.130. The second kappa shape index (κ2) is 9.51. The predicted octanol–water partition coefficient (Wildman–Crippen LogP) is 5.14. The van der Waals surface area contributed by atoms with Crippen LogP contribution in [0.1, 0.15) is 15.9 Å². The number of carbonyl (C=O) groups excluding carboxylic acids is 2. The van der Waals surface area contributed by atoms with E-state index in [4.69, 9.17) is 4.74 Å². The van der Waals surface area contributed by atoms with Crippen molar-refractivity contribution in [3.63, 3.8) is 0 Å². The Labute approximate surface area is 181 Å². The van der Waals surface area contributed by atoms with Gasteiger partial charge in [0.25, 0.3) is 11.8 Å². The number of para-hydroxylation sites is 1. The Morgan fingerprint density at radius 2 is 1.66 bits per heavy atom. The summed E-state index contributed by atoms with van der Waals surface area (Å²) < 4.78 is 57.4. The lowest BCUT2D eigenvalue weighted by Gasteiger charge is -2.18. The van der Waals surface area contributed by atoms with Crippen molar-refractivity contribution >= 4 is 23.2 Å². The third kappa shape index (κ3) is 5.63. The lowest BCUT2D eigenvalue weighted by atomic mass is 10.2. The number of amides is 2. The van der Waals surface area contributed by atoms with Gasteiger partial charge in [-0.2, -0.15) is 13.2 Å². The van der Waals surface area contributed by atoms with Crippen molar-refractivity contribution in [1.82, 2.24) is 0 Å². The Bertz CT molecular complexity index is 1110. The molecule has 3 aromatic rings. The predicted molar refractivity (Wildman–Crippen MR) is 111 cm³/mol. The van der Waals surface area contributed by atoms with Crippen LogP contribution < -0.4 is 15.0 Å². The molecule has 0 atom stereocenters. The van der Waals surface area contributed by atoms with Gasteiger partial charge in [-0.3, -0.25) is 9.59 Å². The molecule has 5 nitrogen and oxygen atoms in total. The standard InChI is InChI=1S/C23H18F4N2O3/c1-29(20-8-3-2-7-19(20)24)22(31)15-9-11-18(12-10-15)32-14-21(30)28-17-6-4-5-16(13-17)23(25,26)27/h2-13H,14H2,1H3,(H,28,30). The van der Waals surface area contributed by atoms with Crippen LogP contribution in [-0.4, -0.2) is 25.5 Å². The molecule has 0 aromatic heterocycles. The zero-order valence-electron chi connectivity index (χ0n) is 16.8. The van der Waals surface area contributed by atoms with Crippen molar-refractivity contribution in [2.75, 3.05) is 23.9 Å². The van der Waals surface area contributed by atoms with E-state index in [0.717, 1.165) is 12.1 Å². The van der Waals surface area contributed by atoms with Gasteiger partial charge in [-0.1, -0.05) is 18.2 Å². The highest BCUT2D eigenvalue weighted by atomic mass is 19.4. The molecule has 0 unspecified atom stereocenters. The van der Waals surface area contributed by atoms with Gasteiger partial charge < -0.3 is 15.0 Å². The minimum Gasteiger partial charge on any atom is -0.484 e. The second-order valence-corrected chi connectivity index (χ2v) is 6.76. The zero-order chi connectivity index (χ0) is 23.3. The summed E-state index contributed by atoms with van der Waals surface area (Å²) >= 11 is 0. The summed E-state index contributed by atoms with van der Waals surface area (Å²) in [5, 5.41) is 2.33. The van der Waals surface area contributed by atoms with Crippen LogP contribution in [0.4, 0.5) is 28.9 Å². The van der Waals surface area contributed by atoms with Crippen molar-refractivity contribution in [1.29, 1.82) is 0 Å². The van der Waals surface area contributed by atoms with Gasteiger partial charge in [0.2, 0.25) is 0 Å². The van der Waals surface area contributed by atoms with Gasteiger partial charge in [0.1, 0.15) is 11.6 Å². The topological polar surface area (TPSA) is 58.6 Å².